The fourth-order valence-electron chi connectivity index (χ4n) is 3.96. The number of hydrogen-bond donors (Lipinski definition) is 2. The van der Waals surface area contributed by atoms with Gasteiger partial charge in [-0.05, 0) is 49.1 Å². The Bertz CT molecular complexity index is 550. The first kappa shape index (κ1) is 15.5. The zero-order valence-corrected chi connectivity index (χ0v) is 13.3. The van der Waals surface area contributed by atoms with Crippen molar-refractivity contribution in [3.63, 3.8) is 0 Å². The van der Waals surface area contributed by atoms with Crippen molar-refractivity contribution in [1.29, 1.82) is 0 Å². The lowest BCUT2D eigenvalue weighted by molar-refractivity contribution is -0.126. The van der Waals surface area contributed by atoms with E-state index in [0.29, 0.717) is 12.5 Å². The Kier molecular flexibility index (Phi) is 4.24. The zero-order valence-electron chi connectivity index (χ0n) is 13.3. The van der Waals surface area contributed by atoms with Gasteiger partial charge in [-0.2, -0.15) is 0 Å². The van der Waals surface area contributed by atoms with Crippen LogP contribution in [-0.4, -0.2) is 34.6 Å². The van der Waals surface area contributed by atoms with Crippen LogP contribution in [0.3, 0.4) is 0 Å². The Balaban J connectivity index is 1.80. The molecule has 1 fully saturated rings. The molecule has 1 aliphatic carbocycles. The fourth-order valence-corrected chi connectivity index (χ4v) is 3.96. The second kappa shape index (κ2) is 6.01. The monoisotopic (exact) mass is 302 g/mol. The van der Waals surface area contributed by atoms with Crippen LogP contribution in [0.1, 0.15) is 49.8 Å². The van der Waals surface area contributed by atoms with Gasteiger partial charge in [0.15, 0.2) is 0 Å². The van der Waals surface area contributed by atoms with Crippen LogP contribution in [0.25, 0.3) is 0 Å². The topological polar surface area (TPSA) is 66.6 Å². The molecule has 0 spiro atoms. The third kappa shape index (κ3) is 3.03. The van der Waals surface area contributed by atoms with Crippen molar-refractivity contribution in [2.45, 2.75) is 50.7 Å². The minimum atomic E-state index is -0.674. The Morgan fingerprint density at radius 3 is 2.73 bits per heavy atom. The zero-order chi connectivity index (χ0) is 15.7. The molecule has 3 rings (SSSR count). The molecular formula is C18H26N2O2. The van der Waals surface area contributed by atoms with Crippen LogP contribution >= 0.6 is 0 Å². The van der Waals surface area contributed by atoms with Crippen molar-refractivity contribution in [2.75, 3.05) is 13.1 Å². The lowest BCUT2D eigenvalue weighted by atomic mass is 9.78. The number of benzene rings is 1. The van der Waals surface area contributed by atoms with E-state index < -0.39 is 11.6 Å². The van der Waals surface area contributed by atoms with E-state index in [-0.39, 0.29) is 5.91 Å². The highest BCUT2D eigenvalue weighted by atomic mass is 16.3. The number of hydrogen-bond acceptors (Lipinski definition) is 3. The Labute approximate surface area is 132 Å². The molecule has 0 aromatic heterocycles. The average Bonchev–Trinajstić information content (AvgIpc) is 2.50. The first-order chi connectivity index (χ1) is 10.5. The summed E-state index contributed by atoms with van der Waals surface area (Å²) in [6, 6.07) is 7.61. The number of rotatable bonds is 3. The van der Waals surface area contributed by atoms with Gasteiger partial charge in [0.2, 0.25) is 5.91 Å². The number of nitrogens with zero attached hydrogens (tertiary/aromatic N) is 1. The number of carbonyl (C=O) groups is 1. The number of aliphatic hydroxyl groups is 1. The quantitative estimate of drug-likeness (QED) is 0.897. The molecule has 1 heterocycles. The summed E-state index contributed by atoms with van der Waals surface area (Å²) in [6.07, 6.45) is 4.66. The van der Waals surface area contributed by atoms with Gasteiger partial charge in [0.1, 0.15) is 6.04 Å². The fraction of sp³-hybridized carbons (Fsp3) is 0.611. The van der Waals surface area contributed by atoms with Crippen LogP contribution in [0.15, 0.2) is 24.3 Å². The SMILES string of the molecule is CC1CCC(O)(CN2CCc3ccccc3C2C(N)=O)CC1. The molecule has 1 unspecified atom stereocenters. The molecule has 1 aromatic rings. The summed E-state index contributed by atoms with van der Waals surface area (Å²) in [6.45, 7) is 3.56. The number of amides is 1. The van der Waals surface area contributed by atoms with Gasteiger partial charge in [-0.25, -0.2) is 0 Å². The molecule has 1 aliphatic heterocycles. The van der Waals surface area contributed by atoms with Crippen LogP contribution in [0.2, 0.25) is 0 Å². The second-order valence-corrected chi connectivity index (χ2v) is 7.13. The van der Waals surface area contributed by atoms with Gasteiger partial charge in [0, 0.05) is 13.1 Å². The van der Waals surface area contributed by atoms with Gasteiger partial charge in [-0.3, -0.25) is 9.69 Å². The van der Waals surface area contributed by atoms with Crippen LogP contribution in [0.5, 0.6) is 0 Å². The van der Waals surface area contributed by atoms with Crippen molar-refractivity contribution < 1.29 is 9.90 Å². The Morgan fingerprint density at radius 2 is 2.05 bits per heavy atom. The predicted octanol–water partition coefficient (Wildman–Crippen LogP) is 2.01. The van der Waals surface area contributed by atoms with Crippen molar-refractivity contribution in [3.8, 4) is 0 Å². The van der Waals surface area contributed by atoms with Crippen LogP contribution < -0.4 is 5.73 Å². The van der Waals surface area contributed by atoms with Crippen LogP contribution in [-0.2, 0) is 11.2 Å². The Hall–Kier alpha value is -1.39. The molecular weight excluding hydrogens is 276 g/mol. The molecule has 4 heteroatoms. The molecule has 0 radical (unpaired) electrons. The molecule has 1 aromatic carbocycles. The normalized spacial score (nSPS) is 32.5. The van der Waals surface area contributed by atoms with E-state index in [1.165, 1.54) is 5.56 Å². The predicted molar refractivity (Wildman–Crippen MR) is 86.2 cm³/mol. The van der Waals surface area contributed by atoms with Gasteiger partial charge in [0.25, 0.3) is 0 Å². The number of β-amino-alcohol motifs (C(OH)–C–C–N with tert-alkyl or cyclic N) is 1. The van der Waals surface area contributed by atoms with E-state index in [9.17, 15) is 9.90 Å². The first-order valence-electron chi connectivity index (χ1n) is 8.32. The van der Waals surface area contributed by atoms with Gasteiger partial charge in [-0.1, -0.05) is 31.2 Å². The lowest BCUT2D eigenvalue weighted by Crippen LogP contribution is -2.51. The maximum atomic E-state index is 12.0. The summed E-state index contributed by atoms with van der Waals surface area (Å²) >= 11 is 0. The van der Waals surface area contributed by atoms with E-state index in [4.69, 9.17) is 5.73 Å². The number of nitrogens with two attached hydrogens (primary N) is 1. The Morgan fingerprint density at radius 1 is 1.36 bits per heavy atom. The molecule has 2 aliphatic rings. The van der Waals surface area contributed by atoms with E-state index >= 15 is 0 Å². The van der Waals surface area contributed by atoms with Crippen LogP contribution in [0, 0.1) is 5.92 Å². The number of carbonyl (C=O) groups excluding carboxylic acids is 1. The van der Waals surface area contributed by atoms with Crippen LogP contribution in [0.4, 0.5) is 0 Å². The van der Waals surface area contributed by atoms with Crippen molar-refractivity contribution in [1.82, 2.24) is 4.90 Å². The highest BCUT2D eigenvalue weighted by Crippen LogP contribution is 2.36. The van der Waals surface area contributed by atoms with E-state index in [1.54, 1.807) is 0 Å². The average molecular weight is 302 g/mol. The standard InChI is InChI=1S/C18H26N2O2/c1-13-6-9-18(22,10-7-13)12-20-11-8-14-4-2-3-5-15(14)16(20)17(19)21/h2-5,13,16,22H,6-12H2,1H3,(H2,19,21). The summed E-state index contributed by atoms with van der Waals surface area (Å²) in [5.41, 5.74) is 7.22. The molecule has 22 heavy (non-hydrogen) atoms. The minimum Gasteiger partial charge on any atom is -0.389 e. The first-order valence-corrected chi connectivity index (χ1v) is 8.32. The third-order valence-corrected chi connectivity index (χ3v) is 5.36. The molecule has 1 amide bonds. The molecule has 4 nitrogen and oxygen atoms in total. The summed E-state index contributed by atoms with van der Waals surface area (Å²) < 4.78 is 0. The number of primary amides is 1. The molecule has 1 atom stereocenters. The minimum absolute atomic E-state index is 0.320. The number of fused-ring (bicyclic) bond motifs is 1. The smallest absolute Gasteiger partial charge is 0.239 e. The highest BCUT2D eigenvalue weighted by molar-refractivity contribution is 5.82. The maximum absolute atomic E-state index is 12.0. The van der Waals surface area contributed by atoms with Gasteiger partial charge in [0.05, 0.1) is 5.60 Å². The molecule has 0 bridgehead atoms. The third-order valence-electron chi connectivity index (χ3n) is 5.36. The summed E-state index contributed by atoms with van der Waals surface area (Å²) in [5.74, 6) is 0.370. The van der Waals surface area contributed by atoms with Gasteiger partial charge >= 0.3 is 0 Å². The molecule has 0 saturated heterocycles. The highest BCUT2D eigenvalue weighted by Gasteiger charge is 2.39. The van der Waals surface area contributed by atoms with Gasteiger partial charge < -0.3 is 10.8 Å². The van der Waals surface area contributed by atoms with Crippen molar-refractivity contribution in [3.05, 3.63) is 35.4 Å². The summed E-state index contributed by atoms with van der Waals surface area (Å²) in [5, 5.41) is 10.9. The summed E-state index contributed by atoms with van der Waals surface area (Å²) in [4.78, 5) is 14.1. The van der Waals surface area contributed by atoms with E-state index in [0.717, 1.165) is 44.2 Å². The van der Waals surface area contributed by atoms with Gasteiger partial charge in [-0.15, -0.1) is 0 Å². The van der Waals surface area contributed by atoms with E-state index in [2.05, 4.69) is 17.9 Å². The second-order valence-electron chi connectivity index (χ2n) is 7.13. The lowest BCUT2D eigenvalue weighted by Gasteiger charge is -2.43. The molecule has 3 N–H and O–H groups in total. The molecule has 120 valence electrons. The van der Waals surface area contributed by atoms with Crippen molar-refractivity contribution >= 4 is 5.91 Å². The maximum Gasteiger partial charge on any atom is 0.239 e. The summed E-state index contributed by atoms with van der Waals surface area (Å²) in [7, 11) is 0. The van der Waals surface area contributed by atoms with E-state index in [1.807, 2.05) is 18.2 Å². The molecule has 1 saturated carbocycles. The van der Waals surface area contributed by atoms with Crippen molar-refractivity contribution in [2.24, 2.45) is 11.7 Å². The largest absolute Gasteiger partial charge is 0.389 e.